The summed E-state index contributed by atoms with van der Waals surface area (Å²) in [6, 6.07) is 7.81. The first-order valence-corrected chi connectivity index (χ1v) is 6.06. The van der Waals surface area contributed by atoms with Crippen molar-refractivity contribution in [3.8, 4) is 0 Å². The predicted octanol–water partition coefficient (Wildman–Crippen LogP) is 3.05. The van der Waals surface area contributed by atoms with Crippen LogP contribution in [0.5, 0.6) is 0 Å². The van der Waals surface area contributed by atoms with Crippen LogP contribution < -0.4 is 5.73 Å². The monoisotopic (exact) mass is 227 g/mol. The van der Waals surface area contributed by atoms with Gasteiger partial charge in [-0.25, -0.2) is 0 Å². The van der Waals surface area contributed by atoms with E-state index in [0.717, 1.165) is 23.1 Å². The average molecular weight is 228 g/mol. The Morgan fingerprint density at radius 2 is 2.00 bits per heavy atom. The summed E-state index contributed by atoms with van der Waals surface area (Å²) in [7, 11) is 0. The molecule has 0 atom stereocenters. The molecule has 0 aromatic heterocycles. The molecule has 1 rings (SSSR count). The largest absolute Gasteiger partial charge is 0.330 e. The van der Waals surface area contributed by atoms with E-state index in [1.54, 1.807) is 0 Å². The molecule has 0 fully saturated rings. The van der Waals surface area contributed by atoms with Crippen LogP contribution in [0.4, 0.5) is 0 Å². The molecule has 2 N–H and O–H groups in total. The third kappa shape index (κ3) is 4.70. The summed E-state index contributed by atoms with van der Waals surface area (Å²) < 4.78 is 0. The van der Waals surface area contributed by atoms with Gasteiger partial charge in [0.2, 0.25) is 0 Å². The number of benzene rings is 1. The Morgan fingerprint density at radius 1 is 1.29 bits per heavy atom. The van der Waals surface area contributed by atoms with Gasteiger partial charge in [-0.1, -0.05) is 35.9 Å². The molecule has 0 saturated heterocycles. The second-order valence-electron chi connectivity index (χ2n) is 2.82. The van der Waals surface area contributed by atoms with Gasteiger partial charge in [-0.2, -0.15) is 11.8 Å². The van der Waals surface area contributed by atoms with Gasteiger partial charge < -0.3 is 5.73 Å². The van der Waals surface area contributed by atoms with Crippen molar-refractivity contribution >= 4 is 29.4 Å². The first-order chi connectivity index (χ1) is 6.83. The summed E-state index contributed by atoms with van der Waals surface area (Å²) in [6.45, 7) is 0.749. The SMILES string of the molecule is NCCSCC=Cc1ccc(Cl)cc1. The molecule has 0 amide bonds. The van der Waals surface area contributed by atoms with Crippen molar-refractivity contribution in [2.24, 2.45) is 5.73 Å². The van der Waals surface area contributed by atoms with Crippen molar-refractivity contribution in [1.29, 1.82) is 0 Å². The van der Waals surface area contributed by atoms with E-state index in [0.29, 0.717) is 0 Å². The van der Waals surface area contributed by atoms with E-state index in [-0.39, 0.29) is 0 Å². The van der Waals surface area contributed by atoms with Crippen molar-refractivity contribution in [3.05, 3.63) is 40.9 Å². The van der Waals surface area contributed by atoms with E-state index < -0.39 is 0 Å². The summed E-state index contributed by atoms with van der Waals surface area (Å²) in [4.78, 5) is 0. The van der Waals surface area contributed by atoms with Crippen molar-refractivity contribution in [1.82, 2.24) is 0 Å². The van der Waals surface area contributed by atoms with E-state index in [4.69, 9.17) is 17.3 Å². The van der Waals surface area contributed by atoms with Crippen LogP contribution in [0.3, 0.4) is 0 Å². The summed E-state index contributed by atoms with van der Waals surface area (Å²) >= 11 is 7.61. The fourth-order valence-corrected chi connectivity index (χ4v) is 1.68. The Bertz CT molecular complexity index is 282. The van der Waals surface area contributed by atoms with E-state index in [1.807, 2.05) is 36.0 Å². The Hall–Kier alpha value is -0.440. The molecule has 0 aliphatic heterocycles. The first-order valence-electron chi connectivity index (χ1n) is 4.53. The Morgan fingerprint density at radius 3 is 2.64 bits per heavy atom. The van der Waals surface area contributed by atoms with Gasteiger partial charge in [0.15, 0.2) is 0 Å². The Labute approximate surface area is 94.3 Å². The van der Waals surface area contributed by atoms with Gasteiger partial charge >= 0.3 is 0 Å². The highest BCUT2D eigenvalue weighted by Crippen LogP contribution is 2.11. The zero-order valence-electron chi connectivity index (χ0n) is 7.95. The minimum atomic E-state index is 0.749. The van der Waals surface area contributed by atoms with Crippen LogP contribution in [0.15, 0.2) is 30.3 Å². The number of hydrogen-bond donors (Lipinski definition) is 1. The van der Waals surface area contributed by atoms with E-state index >= 15 is 0 Å². The fourth-order valence-electron chi connectivity index (χ4n) is 0.993. The van der Waals surface area contributed by atoms with Gasteiger partial charge in [0.25, 0.3) is 0 Å². The molecular formula is C11H14ClNS. The summed E-state index contributed by atoms with van der Waals surface area (Å²) in [5, 5.41) is 0.777. The van der Waals surface area contributed by atoms with E-state index in [1.165, 1.54) is 5.56 Å². The quantitative estimate of drug-likeness (QED) is 0.783. The molecule has 1 aromatic carbocycles. The van der Waals surface area contributed by atoms with Crippen LogP contribution in [0.1, 0.15) is 5.56 Å². The molecule has 1 aromatic rings. The van der Waals surface area contributed by atoms with Crippen molar-refractivity contribution in [3.63, 3.8) is 0 Å². The maximum absolute atomic E-state index is 5.77. The lowest BCUT2D eigenvalue weighted by Crippen LogP contribution is -2.01. The minimum absolute atomic E-state index is 0.749. The lowest BCUT2D eigenvalue weighted by molar-refractivity contribution is 1.15. The molecule has 0 aliphatic rings. The van der Waals surface area contributed by atoms with Gasteiger partial charge in [-0.3, -0.25) is 0 Å². The van der Waals surface area contributed by atoms with Gasteiger partial charge in [-0.15, -0.1) is 0 Å². The highest BCUT2D eigenvalue weighted by Gasteiger charge is 1.87. The third-order valence-electron chi connectivity index (χ3n) is 1.66. The Balaban J connectivity index is 2.33. The molecule has 0 saturated carbocycles. The Kier molecular flexibility index (Phi) is 5.76. The maximum Gasteiger partial charge on any atom is 0.0406 e. The minimum Gasteiger partial charge on any atom is -0.330 e. The average Bonchev–Trinajstić information content (AvgIpc) is 2.21. The second-order valence-corrected chi connectivity index (χ2v) is 4.40. The molecule has 0 heterocycles. The fraction of sp³-hybridized carbons (Fsp3) is 0.273. The normalized spacial score (nSPS) is 11.0. The van der Waals surface area contributed by atoms with Gasteiger partial charge in [0.1, 0.15) is 0 Å². The standard InChI is InChI=1S/C11H14ClNS/c12-11-5-3-10(4-6-11)2-1-8-14-9-7-13/h1-6H,7-9,13H2. The second kappa shape index (κ2) is 6.93. The molecule has 0 radical (unpaired) electrons. The zero-order chi connectivity index (χ0) is 10.2. The zero-order valence-corrected chi connectivity index (χ0v) is 9.52. The van der Waals surface area contributed by atoms with Crippen molar-refractivity contribution in [2.75, 3.05) is 18.1 Å². The number of hydrogen-bond acceptors (Lipinski definition) is 2. The highest BCUT2D eigenvalue weighted by atomic mass is 35.5. The van der Waals surface area contributed by atoms with Crippen LogP contribution in [-0.2, 0) is 0 Å². The molecule has 76 valence electrons. The number of halogens is 1. The highest BCUT2D eigenvalue weighted by molar-refractivity contribution is 7.99. The summed E-state index contributed by atoms with van der Waals surface area (Å²) in [5.41, 5.74) is 6.56. The van der Waals surface area contributed by atoms with Gasteiger partial charge in [0, 0.05) is 23.1 Å². The van der Waals surface area contributed by atoms with Crippen LogP contribution in [0.25, 0.3) is 6.08 Å². The third-order valence-corrected chi connectivity index (χ3v) is 2.86. The van der Waals surface area contributed by atoms with E-state index in [2.05, 4.69) is 12.2 Å². The summed E-state index contributed by atoms with van der Waals surface area (Å²) in [6.07, 6.45) is 4.24. The van der Waals surface area contributed by atoms with Crippen LogP contribution in [0, 0.1) is 0 Å². The predicted molar refractivity (Wildman–Crippen MR) is 66.9 cm³/mol. The molecule has 3 heteroatoms. The lowest BCUT2D eigenvalue weighted by Gasteiger charge is -1.94. The van der Waals surface area contributed by atoms with Crippen molar-refractivity contribution in [2.45, 2.75) is 0 Å². The molecule has 0 spiro atoms. The number of thioether (sulfide) groups is 1. The van der Waals surface area contributed by atoms with Crippen LogP contribution >= 0.6 is 23.4 Å². The topological polar surface area (TPSA) is 26.0 Å². The molecule has 0 unspecified atom stereocenters. The van der Waals surface area contributed by atoms with Crippen LogP contribution in [-0.4, -0.2) is 18.1 Å². The smallest absolute Gasteiger partial charge is 0.0406 e. The van der Waals surface area contributed by atoms with Crippen LogP contribution in [0.2, 0.25) is 5.02 Å². The van der Waals surface area contributed by atoms with Crippen molar-refractivity contribution < 1.29 is 0 Å². The van der Waals surface area contributed by atoms with Gasteiger partial charge in [0.05, 0.1) is 0 Å². The number of nitrogens with two attached hydrogens (primary N) is 1. The molecular weight excluding hydrogens is 214 g/mol. The molecule has 0 aliphatic carbocycles. The maximum atomic E-state index is 5.77. The summed E-state index contributed by atoms with van der Waals surface area (Å²) in [5.74, 6) is 2.03. The molecule has 1 nitrogen and oxygen atoms in total. The molecule has 0 bridgehead atoms. The molecule has 14 heavy (non-hydrogen) atoms. The van der Waals surface area contributed by atoms with Gasteiger partial charge in [-0.05, 0) is 17.7 Å². The van der Waals surface area contributed by atoms with E-state index in [9.17, 15) is 0 Å². The first kappa shape index (κ1) is 11.6. The lowest BCUT2D eigenvalue weighted by atomic mass is 10.2. The number of rotatable bonds is 5.